The average molecular weight is 436 g/mol. The zero-order valence-electron chi connectivity index (χ0n) is 16.9. The molecule has 0 saturated carbocycles. The normalized spacial score (nSPS) is 18.1. The van der Waals surface area contributed by atoms with E-state index in [2.05, 4.69) is 15.6 Å². The lowest BCUT2D eigenvalue weighted by atomic mass is 9.92. The van der Waals surface area contributed by atoms with Crippen LogP contribution >= 0.6 is 11.3 Å². The van der Waals surface area contributed by atoms with Gasteiger partial charge in [0.05, 0.1) is 12.8 Å². The molecule has 1 aliphatic heterocycles. The maximum Gasteiger partial charge on any atom is 0.325 e. The predicted molar refractivity (Wildman–Crippen MR) is 117 cm³/mol. The summed E-state index contributed by atoms with van der Waals surface area (Å²) in [5, 5.41) is 7.51. The number of urea groups is 1. The van der Waals surface area contributed by atoms with E-state index in [-0.39, 0.29) is 0 Å². The Morgan fingerprint density at radius 2 is 1.87 bits per heavy atom. The van der Waals surface area contributed by atoms with Gasteiger partial charge in [0.1, 0.15) is 17.8 Å². The zero-order chi connectivity index (χ0) is 22.0. The Hall–Kier alpha value is -3.72. The molecule has 1 aliphatic rings. The Morgan fingerprint density at radius 3 is 2.61 bits per heavy atom. The number of amides is 4. The largest absolute Gasteiger partial charge is 0.496 e. The van der Waals surface area contributed by atoms with E-state index in [1.54, 1.807) is 43.7 Å². The second kappa shape index (κ2) is 8.19. The molecule has 4 amide bonds. The minimum Gasteiger partial charge on any atom is -0.496 e. The Kier molecular flexibility index (Phi) is 5.43. The number of benzene rings is 2. The molecule has 2 N–H and O–H groups in total. The Morgan fingerprint density at radius 1 is 1.16 bits per heavy atom. The summed E-state index contributed by atoms with van der Waals surface area (Å²) < 4.78 is 5.35. The highest BCUT2D eigenvalue weighted by Gasteiger charge is 2.49. The summed E-state index contributed by atoms with van der Waals surface area (Å²) in [4.78, 5) is 43.2. The van der Waals surface area contributed by atoms with Gasteiger partial charge in [-0.25, -0.2) is 9.78 Å². The van der Waals surface area contributed by atoms with Gasteiger partial charge in [-0.05, 0) is 24.6 Å². The van der Waals surface area contributed by atoms with Gasteiger partial charge in [0, 0.05) is 10.9 Å². The first kappa shape index (κ1) is 20.5. The monoisotopic (exact) mass is 436 g/mol. The van der Waals surface area contributed by atoms with Gasteiger partial charge in [0.15, 0.2) is 5.13 Å². The number of ether oxygens (including phenoxy) is 1. The highest BCUT2D eigenvalue weighted by atomic mass is 32.1. The van der Waals surface area contributed by atoms with Crippen molar-refractivity contribution in [3.8, 4) is 17.0 Å². The van der Waals surface area contributed by atoms with Gasteiger partial charge >= 0.3 is 6.03 Å². The van der Waals surface area contributed by atoms with E-state index in [1.807, 2.05) is 30.3 Å². The molecule has 0 radical (unpaired) electrons. The molecule has 31 heavy (non-hydrogen) atoms. The summed E-state index contributed by atoms with van der Waals surface area (Å²) in [6, 6.07) is 15.7. The van der Waals surface area contributed by atoms with Crippen LogP contribution in [0.3, 0.4) is 0 Å². The van der Waals surface area contributed by atoms with Crippen LogP contribution in [0.5, 0.6) is 5.75 Å². The van der Waals surface area contributed by atoms with Crippen LogP contribution in [0.2, 0.25) is 0 Å². The van der Waals surface area contributed by atoms with E-state index >= 15 is 0 Å². The number of aromatic nitrogens is 1. The van der Waals surface area contributed by atoms with Crippen molar-refractivity contribution in [2.24, 2.45) is 0 Å². The molecule has 0 aliphatic carbocycles. The molecule has 4 rings (SSSR count). The SMILES string of the molecule is COc1ccccc1-c1csc(NC(=O)CN2C(=O)NC(C)(c3ccccc3)C2=O)n1. The number of thiazole rings is 1. The van der Waals surface area contributed by atoms with Crippen LogP contribution in [0.4, 0.5) is 9.93 Å². The molecule has 9 heteroatoms. The second-order valence-electron chi connectivity index (χ2n) is 7.10. The maximum absolute atomic E-state index is 12.9. The summed E-state index contributed by atoms with van der Waals surface area (Å²) >= 11 is 1.25. The molecule has 1 aromatic heterocycles. The Bertz CT molecular complexity index is 1150. The first-order valence-electron chi connectivity index (χ1n) is 9.51. The predicted octanol–water partition coefficient (Wildman–Crippen LogP) is 3.22. The minimum atomic E-state index is -1.21. The fraction of sp³-hybridized carbons (Fsp3) is 0.182. The average Bonchev–Trinajstić information content (AvgIpc) is 3.33. The third kappa shape index (κ3) is 3.87. The van der Waals surface area contributed by atoms with E-state index in [1.165, 1.54) is 11.3 Å². The van der Waals surface area contributed by atoms with Crippen molar-refractivity contribution in [2.45, 2.75) is 12.5 Å². The van der Waals surface area contributed by atoms with Gasteiger partial charge in [-0.3, -0.25) is 14.5 Å². The van der Waals surface area contributed by atoms with Crippen molar-refractivity contribution in [1.29, 1.82) is 0 Å². The van der Waals surface area contributed by atoms with Gasteiger partial charge < -0.3 is 15.4 Å². The van der Waals surface area contributed by atoms with Crippen LogP contribution < -0.4 is 15.4 Å². The molecule has 2 aromatic carbocycles. The van der Waals surface area contributed by atoms with Crippen molar-refractivity contribution in [2.75, 3.05) is 19.0 Å². The van der Waals surface area contributed by atoms with Gasteiger partial charge in [0.25, 0.3) is 5.91 Å². The number of anilines is 1. The van der Waals surface area contributed by atoms with E-state index in [0.29, 0.717) is 22.1 Å². The number of hydrogen-bond donors (Lipinski definition) is 2. The van der Waals surface area contributed by atoms with Gasteiger partial charge in [0.2, 0.25) is 5.91 Å². The summed E-state index contributed by atoms with van der Waals surface area (Å²) in [5.74, 6) is -0.320. The lowest BCUT2D eigenvalue weighted by Crippen LogP contribution is -2.42. The highest BCUT2D eigenvalue weighted by molar-refractivity contribution is 7.14. The van der Waals surface area contributed by atoms with Crippen LogP contribution in [-0.2, 0) is 15.1 Å². The third-order valence-corrected chi connectivity index (χ3v) is 5.82. The van der Waals surface area contributed by atoms with Crippen molar-refractivity contribution in [1.82, 2.24) is 15.2 Å². The zero-order valence-corrected chi connectivity index (χ0v) is 17.7. The van der Waals surface area contributed by atoms with Crippen LogP contribution in [0.25, 0.3) is 11.3 Å². The summed E-state index contributed by atoms with van der Waals surface area (Å²) in [7, 11) is 1.58. The lowest BCUT2D eigenvalue weighted by Gasteiger charge is -2.21. The van der Waals surface area contributed by atoms with Gasteiger partial charge in [-0.15, -0.1) is 11.3 Å². The van der Waals surface area contributed by atoms with Gasteiger partial charge in [-0.2, -0.15) is 0 Å². The molecule has 1 saturated heterocycles. The Balaban J connectivity index is 1.46. The number of hydrogen-bond acceptors (Lipinski definition) is 6. The fourth-order valence-electron chi connectivity index (χ4n) is 3.42. The first-order valence-corrected chi connectivity index (χ1v) is 10.4. The molecular weight excluding hydrogens is 416 g/mol. The maximum atomic E-state index is 12.9. The van der Waals surface area contributed by atoms with Crippen LogP contribution in [0.1, 0.15) is 12.5 Å². The lowest BCUT2D eigenvalue weighted by molar-refractivity contribution is -0.133. The quantitative estimate of drug-likeness (QED) is 0.578. The van der Waals surface area contributed by atoms with Crippen molar-refractivity contribution in [3.05, 3.63) is 65.5 Å². The number of para-hydroxylation sites is 1. The van der Waals surface area contributed by atoms with Gasteiger partial charge in [-0.1, -0.05) is 42.5 Å². The van der Waals surface area contributed by atoms with Crippen molar-refractivity contribution >= 4 is 34.3 Å². The number of nitrogens with one attached hydrogen (secondary N) is 2. The standard InChI is InChI=1S/C22H20N4O4S/c1-22(14-8-4-3-5-9-14)19(28)26(21(29)25-22)12-18(27)24-20-23-16(13-31-20)15-10-6-7-11-17(15)30-2/h3-11,13H,12H2,1-2H3,(H,25,29)(H,23,24,27). The third-order valence-electron chi connectivity index (χ3n) is 5.06. The first-order chi connectivity index (χ1) is 14.9. The van der Waals surface area contributed by atoms with Crippen molar-refractivity contribution in [3.63, 3.8) is 0 Å². The van der Waals surface area contributed by atoms with Crippen LogP contribution in [0, 0.1) is 0 Å². The number of nitrogens with zero attached hydrogens (tertiary/aromatic N) is 2. The number of rotatable bonds is 6. The van der Waals surface area contributed by atoms with E-state index in [4.69, 9.17) is 4.74 Å². The molecule has 8 nitrogen and oxygen atoms in total. The molecule has 3 aromatic rings. The van der Waals surface area contributed by atoms with E-state index in [9.17, 15) is 14.4 Å². The number of imide groups is 1. The number of carbonyl (C=O) groups is 3. The summed E-state index contributed by atoms with van der Waals surface area (Å²) in [6.45, 7) is 1.22. The summed E-state index contributed by atoms with van der Waals surface area (Å²) in [6.07, 6.45) is 0. The minimum absolute atomic E-state index is 0.365. The Labute approximate surface area is 182 Å². The second-order valence-corrected chi connectivity index (χ2v) is 7.96. The molecular formula is C22H20N4O4S. The summed E-state index contributed by atoms with van der Waals surface area (Å²) in [5.41, 5.74) is 0.896. The molecule has 158 valence electrons. The van der Waals surface area contributed by atoms with Crippen molar-refractivity contribution < 1.29 is 19.1 Å². The fourth-order valence-corrected chi connectivity index (χ4v) is 4.15. The molecule has 1 unspecified atom stereocenters. The van der Waals surface area contributed by atoms with Crippen LogP contribution in [0.15, 0.2) is 60.0 Å². The van der Waals surface area contributed by atoms with Crippen LogP contribution in [-0.4, -0.2) is 41.4 Å². The molecule has 0 spiro atoms. The molecule has 2 heterocycles. The smallest absolute Gasteiger partial charge is 0.325 e. The molecule has 0 bridgehead atoms. The number of carbonyl (C=O) groups excluding carboxylic acids is 3. The topological polar surface area (TPSA) is 101 Å². The highest BCUT2D eigenvalue weighted by Crippen LogP contribution is 2.32. The molecule has 1 fully saturated rings. The van der Waals surface area contributed by atoms with E-state index in [0.717, 1.165) is 10.5 Å². The molecule has 1 atom stereocenters. The van der Waals surface area contributed by atoms with E-state index < -0.39 is 29.9 Å². The number of methoxy groups -OCH3 is 1.